The Hall–Kier alpha value is -0.726. The van der Waals surface area contributed by atoms with Gasteiger partial charge < -0.3 is 0 Å². The Morgan fingerprint density at radius 1 is 0.895 bits per heavy atom. The van der Waals surface area contributed by atoms with Crippen LogP contribution in [0.3, 0.4) is 0 Å². The van der Waals surface area contributed by atoms with Gasteiger partial charge in [0.25, 0.3) is 0 Å². The summed E-state index contributed by atoms with van der Waals surface area (Å²) in [5.41, 5.74) is 2.35. The molecule has 0 bridgehead atoms. The average Bonchev–Trinajstić information content (AvgIpc) is 2.84. The second-order valence-electron chi connectivity index (χ2n) is 4.44. The van der Waals surface area contributed by atoms with E-state index in [4.69, 9.17) is 21.9 Å². The molecule has 0 fully saturated rings. The van der Waals surface area contributed by atoms with E-state index in [-0.39, 0.29) is 4.22 Å². The van der Waals surface area contributed by atoms with Gasteiger partial charge in [0.05, 0.1) is 0 Å². The molecule has 19 heavy (non-hydrogen) atoms. The topological polar surface area (TPSA) is 9.23 Å². The first-order chi connectivity index (χ1) is 9.17. The molecule has 96 valence electrons. The van der Waals surface area contributed by atoms with Crippen LogP contribution in [0.4, 0.5) is 0 Å². The average molecular weight is 327 g/mol. The van der Waals surface area contributed by atoms with E-state index in [0.29, 0.717) is 0 Å². The van der Waals surface area contributed by atoms with Crippen LogP contribution in [0.25, 0.3) is 6.08 Å². The van der Waals surface area contributed by atoms with Crippen LogP contribution in [0.15, 0.2) is 60.7 Å². The van der Waals surface area contributed by atoms with Crippen molar-refractivity contribution in [2.45, 2.75) is 4.22 Å². The van der Waals surface area contributed by atoms with Crippen LogP contribution in [0.5, 0.6) is 5.75 Å². The zero-order chi connectivity index (χ0) is 13.3. The number of para-hydroxylation sites is 1. The molecule has 0 amide bonds. The van der Waals surface area contributed by atoms with E-state index in [1.807, 2.05) is 42.5 Å². The molecule has 1 aliphatic carbocycles. The molecular weight excluding hydrogens is 315 g/mol. The van der Waals surface area contributed by atoms with Crippen LogP contribution in [0, 0.1) is 0 Å². The number of hydrogen-bond acceptors (Lipinski definition) is 1. The summed E-state index contributed by atoms with van der Waals surface area (Å²) in [4.78, 5) is 0. The fourth-order valence-corrected chi connectivity index (χ4v) is 6.93. The second-order valence-corrected chi connectivity index (χ2v) is 12.9. The monoisotopic (exact) mass is 326 g/mol. The summed E-state index contributed by atoms with van der Waals surface area (Å²) in [5, 5.41) is 0. The summed E-state index contributed by atoms with van der Waals surface area (Å²) < 4.78 is 5.92. The molecule has 1 aliphatic rings. The maximum atomic E-state index is 6.58. The van der Waals surface area contributed by atoms with E-state index >= 15 is 0 Å². The van der Waals surface area contributed by atoms with Crippen molar-refractivity contribution in [3.05, 3.63) is 71.8 Å². The van der Waals surface area contributed by atoms with E-state index in [0.717, 1.165) is 5.75 Å². The first-order valence-electron chi connectivity index (χ1n) is 6.06. The van der Waals surface area contributed by atoms with Gasteiger partial charge in [0.2, 0.25) is 0 Å². The Morgan fingerprint density at radius 2 is 1.58 bits per heavy atom. The SMILES string of the molecule is [Cl][Ti]([Cl])([O]c1ccccc1)[CH]1C=Cc2ccccc21. The molecule has 1 nitrogen and oxygen atoms in total. The standard InChI is InChI=1S/C9H7.C6H6O.2ClH.Ti/c1-2-5-9-7-3-6-8(9)4-1;7-6-4-2-1-3-5-6;;;/h1-7H;1-5,7H;2*1H;/q;;;;+3/p-3. The van der Waals surface area contributed by atoms with E-state index in [2.05, 4.69) is 24.3 Å². The minimum absolute atomic E-state index is 0.0136. The molecule has 0 radical (unpaired) electrons. The fraction of sp³-hybridized carbons (Fsp3) is 0.0667. The minimum atomic E-state index is -3.46. The molecule has 2 aromatic rings. The summed E-state index contributed by atoms with van der Waals surface area (Å²) in [5.74, 6) is 0.741. The van der Waals surface area contributed by atoms with Gasteiger partial charge in [-0.15, -0.1) is 0 Å². The van der Waals surface area contributed by atoms with Crippen LogP contribution in [-0.2, 0) is 14.9 Å². The van der Waals surface area contributed by atoms with Gasteiger partial charge in [0, 0.05) is 0 Å². The van der Waals surface area contributed by atoms with Crippen LogP contribution in [0.1, 0.15) is 15.3 Å². The van der Waals surface area contributed by atoms with Crippen molar-refractivity contribution in [1.82, 2.24) is 0 Å². The Labute approximate surface area is 124 Å². The molecule has 0 saturated carbocycles. The molecule has 2 aromatic carbocycles. The molecule has 0 heterocycles. The van der Waals surface area contributed by atoms with Crippen molar-refractivity contribution in [2.24, 2.45) is 0 Å². The maximum absolute atomic E-state index is 6.58. The fourth-order valence-electron chi connectivity index (χ4n) is 2.25. The van der Waals surface area contributed by atoms with Gasteiger partial charge in [0.15, 0.2) is 0 Å². The second kappa shape index (κ2) is 5.34. The molecule has 0 aliphatic heterocycles. The summed E-state index contributed by atoms with van der Waals surface area (Å²) in [6.45, 7) is 0. The number of fused-ring (bicyclic) bond motifs is 1. The van der Waals surface area contributed by atoms with Crippen molar-refractivity contribution in [2.75, 3.05) is 0 Å². The van der Waals surface area contributed by atoms with Gasteiger partial charge in [-0.3, -0.25) is 0 Å². The van der Waals surface area contributed by atoms with Gasteiger partial charge >= 0.3 is 125 Å². The third-order valence-electron chi connectivity index (χ3n) is 3.16. The number of rotatable bonds is 3. The predicted molar refractivity (Wildman–Crippen MR) is 77.0 cm³/mol. The van der Waals surface area contributed by atoms with Crippen molar-refractivity contribution >= 4 is 24.7 Å². The molecule has 4 heteroatoms. The van der Waals surface area contributed by atoms with Crippen molar-refractivity contribution in [3.63, 3.8) is 0 Å². The Balaban J connectivity index is 1.88. The molecule has 0 spiro atoms. The van der Waals surface area contributed by atoms with E-state index in [1.54, 1.807) is 0 Å². The first kappa shape index (κ1) is 13.3. The Kier molecular flexibility index (Phi) is 3.73. The van der Waals surface area contributed by atoms with Crippen LogP contribution >= 0.6 is 18.6 Å². The molecule has 0 N–H and O–H groups in total. The van der Waals surface area contributed by atoms with Crippen molar-refractivity contribution < 1.29 is 18.2 Å². The van der Waals surface area contributed by atoms with Crippen LogP contribution < -0.4 is 3.32 Å². The molecule has 3 rings (SSSR count). The summed E-state index contributed by atoms with van der Waals surface area (Å²) in [6.07, 6.45) is 4.13. The zero-order valence-corrected chi connectivity index (χ0v) is 13.2. The quantitative estimate of drug-likeness (QED) is 0.703. The summed E-state index contributed by atoms with van der Waals surface area (Å²) >= 11 is -3.46. The van der Waals surface area contributed by atoms with Gasteiger partial charge in [-0.25, -0.2) is 0 Å². The van der Waals surface area contributed by atoms with Gasteiger partial charge in [-0.2, -0.15) is 0 Å². The predicted octanol–water partition coefficient (Wildman–Crippen LogP) is 5.21. The number of allylic oxidation sites excluding steroid dienone is 1. The third-order valence-corrected chi connectivity index (χ3v) is 8.44. The molecular formula is C15H12Cl2OTi. The van der Waals surface area contributed by atoms with E-state index < -0.39 is 14.9 Å². The van der Waals surface area contributed by atoms with E-state index in [9.17, 15) is 0 Å². The Bertz CT molecular complexity index is 611. The van der Waals surface area contributed by atoms with Gasteiger partial charge in [0.1, 0.15) is 0 Å². The van der Waals surface area contributed by atoms with Gasteiger partial charge in [-0.05, 0) is 0 Å². The molecule has 0 aromatic heterocycles. The molecule has 1 atom stereocenters. The molecule has 1 unspecified atom stereocenters. The third kappa shape index (κ3) is 2.75. The van der Waals surface area contributed by atoms with Gasteiger partial charge in [-0.1, -0.05) is 0 Å². The number of hydrogen-bond donors (Lipinski definition) is 0. The first-order valence-corrected chi connectivity index (χ1v) is 11.9. The number of benzene rings is 2. The summed E-state index contributed by atoms with van der Waals surface area (Å²) in [6, 6.07) is 17.7. The van der Waals surface area contributed by atoms with Crippen molar-refractivity contribution in [3.8, 4) is 5.75 Å². The Morgan fingerprint density at radius 3 is 2.37 bits per heavy atom. The number of halogens is 2. The van der Waals surface area contributed by atoms with Crippen LogP contribution in [-0.4, -0.2) is 0 Å². The normalized spacial score (nSPS) is 17.3. The molecule has 0 saturated heterocycles. The van der Waals surface area contributed by atoms with E-state index in [1.165, 1.54) is 11.1 Å². The van der Waals surface area contributed by atoms with Crippen molar-refractivity contribution in [1.29, 1.82) is 0 Å². The zero-order valence-electron chi connectivity index (χ0n) is 10.1. The van der Waals surface area contributed by atoms with Crippen LogP contribution in [0.2, 0.25) is 0 Å². The summed E-state index contributed by atoms with van der Waals surface area (Å²) in [7, 11) is 13.2.